The Morgan fingerprint density at radius 2 is 2.00 bits per heavy atom. The van der Waals surface area contributed by atoms with E-state index in [9.17, 15) is 4.79 Å². The van der Waals surface area contributed by atoms with Gasteiger partial charge in [0.05, 0.1) is 24.0 Å². The molecule has 0 saturated carbocycles. The molecule has 2 N–H and O–H groups in total. The Morgan fingerprint density at radius 1 is 1.26 bits per heavy atom. The van der Waals surface area contributed by atoms with Crippen molar-refractivity contribution < 1.29 is 4.79 Å². The monoisotopic (exact) mass is 253 g/mol. The van der Waals surface area contributed by atoms with Gasteiger partial charge in [-0.3, -0.25) is 9.78 Å². The van der Waals surface area contributed by atoms with Crippen molar-refractivity contribution in [1.82, 2.24) is 9.97 Å². The molecule has 0 spiro atoms. The first-order chi connectivity index (χ1) is 9.22. The summed E-state index contributed by atoms with van der Waals surface area (Å²) in [5.41, 5.74) is 1.35. The van der Waals surface area contributed by atoms with Crippen LogP contribution in [0.5, 0.6) is 0 Å². The van der Waals surface area contributed by atoms with Crippen molar-refractivity contribution in [2.24, 2.45) is 0 Å². The molecule has 1 aromatic heterocycles. The van der Waals surface area contributed by atoms with E-state index in [2.05, 4.69) is 20.6 Å². The largest absolute Gasteiger partial charge is 0.372 e. The second-order valence-electron chi connectivity index (χ2n) is 3.68. The number of nitrogens with zero attached hydrogens (tertiary/aromatic N) is 3. The predicted molar refractivity (Wildman–Crippen MR) is 70.7 cm³/mol. The molecule has 0 radical (unpaired) electrons. The SMILES string of the molecule is CNc1cncc(C(=O)Nc2ccc(C#N)cc2)n1. The van der Waals surface area contributed by atoms with Gasteiger partial charge in [-0.05, 0) is 24.3 Å². The molecule has 2 aromatic rings. The molecule has 0 unspecified atom stereocenters. The number of nitriles is 1. The standard InChI is InChI=1S/C13H11N5O/c1-15-12-8-16-7-11(18-12)13(19)17-10-4-2-9(6-14)3-5-10/h2-5,7-8H,1H3,(H,15,18)(H,17,19). The second kappa shape index (κ2) is 5.60. The van der Waals surface area contributed by atoms with E-state index < -0.39 is 0 Å². The summed E-state index contributed by atoms with van der Waals surface area (Å²) in [6.07, 6.45) is 2.91. The van der Waals surface area contributed by atoms with Crippen molar-refractivity contribution in [2.45, 2.75) is 0 Å². The Bertz CT molecular complexity index is 630. The first-order valence-corrected chi connectivity index (χ1v) is 5.54. The van der Waals surface area contributed by atoms with Crippen molar-refractivity contribution in [3.63, 3.8) is 0 Å². The Labute approximate surface area is 110 Å². The fourth-order valence-electron chi connectivity index (χ4n) is 1.42. The minimum atomic E-state index is -0.352. The summed E-state index contributed by atoms with van der Waals surface area (Å²) in [6.45, 7) is 0. The highest BCUT2D eigenvalue weighted by Crippen LogP contribution is 2.10. The summed E-state index contributed by atoms with van der Waals surface area (Å²) in [6, 6.07) is 8.59. The van der Waals surface area contributed by atoms with Gasteiger partial charge in [-0.2, -0.15) is 5.26 Å². The molecule has 1 aromatic carbocycles. The van der Waals surface area contributed by atoms with Crippen molar-refractivity contribution in [2.75, 3.05) is 17.7 Å². The average molecular weight is 253 g/mol. The van der Waals surface area contributed by atoms with Gasteiger partial charge in [0.1, 0.15) is 11.5 Å². The molecule has 0 aliphatic heterocycles. The van der Waals surface area contributed by atoms with Crippen molar-refractivity contribution in [3.8, 4) is 6.07 Å². The fourth-order valence-corrected chi connectivity index (χ4v) is 1.42. The lowest BCUT2D eigenvalue weighted by Crippen LogP contribution is -2.14. The molecule has 2 rings (SSSR count). The number of carbonyl (C=O) groups excluding carboxylic acids is 1. The van der Waals surface area contributed by atoms with Crippen LogP contribution in [-0.4, -0.2) is 22.9 Å². The summed E-state index contributed by atoms with van der Waals surface area (Å²) in [5.74, 6) is 0.168. The van der Waals surface area contributed by atoms with E-state index in [1.807, 2.05) is 6.07 Å². The Morgan fingerprint density at radius 3 is 2.63 bits per heavy atom. The number of anilines is 2. The van der Waals surface area contributed by atoms with Crippen LogP contribution in [0.2, 0.25) is 0 Å². The topological polar surface area (TPSA) is 90.7 Å². The first-order valence-electron chi connectivity index (χ1n) is 5.54. The Balaban J connectivity index is 2.13. The maximum atomic E-state index is 11.9. The summed E-state index contributed by atoms with van der Waals surface area (Å²) in [7, 11) is 1.70. The van der Waals surface area contributed by atoms with E-state index >= 15 is 0 Å². The minimum absolute atomic E-state index is 0.219. The first kappa shape index (κ1) is 12.5. The zero-order valence-corrected chi connectivity index (χ0v) is 10.2. The summed E-state index contributed by atoms with van der Waals surface area (Å²) in [5, 5.41) is 14.2. The van der Waals surface area contributed by atoms with Gasteiger partial charge in [-0.25, -0.2) is 4.98 Å². The molecule has 0 saturated heterocycles. The fraction of sp³-hybridized carbons (Fsp3) is 0.0769. The molecular formula is C13H11N5O. The minimum Gasteiger partial charge on any atom is -0.372 e. The molecule has 0 fully saturated rings. The number of hydrogen-bond acceptors (Lipinski definition) is 5. The number of rotatable bonds is 3. The highest BCUT2D eigenvalue weighted by atomic mass is 16.1. The lowest BCUT2D eigenvalue weighted by molar-refractivity contribution is 0.102. The van der Waals surface area contributed by atoms with Gasteiger partial charge < -0.3 is 10.6 Å². The number of nitrogens with one attached hydrogen (secondary N) is 2. The van der Waals surface area contributed by atoms with E-state index in [-0.39, 0.29) is 11.6 Å². The number of benzene rings is 1. The molecule has 19 heavy (non-hydrogen) atoms. The molecule has 0 aliphatic carbocycles. The van der Waals surface area contributed by atoms with Crippen LogP contribution < -0.4 is 10.6 Å². The molecule has 94 valence electrons. The molecule has 1 heterocycles. The van der Waals surface area contributed by atoms with Crippen LogP contribution in [0.3, 0.4) is 0 Å². The maximum absolute atomic E-state index is 11.9. The number of carbonyl (C=O) groups is 1. The average Bonchev–Trinajstić information content (AvgIpc) is 2.48. The van der Waals surface area contributed by atoms with Crippen LogP contribution in [0, 0.1) is 11.3 Å². The van der Waals surface area contributed by atoms with Gasteiger partial charge in [0.15, 0.2) is 0 Å². The van der Waals surface area contributed by atoms with Crippen molar-refractivity contribution in [3.05, 3.63) is 47.9 Å². The lowest BCUT2D eigenvalue weighted by Gasteiger charge is -2.05. The molecule has 0 bridgehead atoms. The van der Waals surface area contributed by atoms with Gasteiger partial charge in [-0.1, -0.05) is 0 Å². The number of aromatic nitrogens is 2. The normalized spacial score (nSPS) is 9.47. The molecule has 6 heteroatoms. The summed E-state index contributed by atoms with van der Waals surface area (Å²) < 4.78 is 0. The zero-order chi connectivity index (χ0) is 13.7. The van der Waals surface area contributed by atoms with Crippen molar-refractivity contribution in [1.29, 1.82) is 5.26 Å². The number of amides is 1. The van der Waals surface area contributed by atoms with Crippen LogP contribution in [0.15, 0.2) is 36.7 Å². The van der Waals surface area contributed by atoms with Gasteiger partial charge >= 0.3 is 0 Å². The quantitative estimate of drug-likeness (QED) is 0.867. The van der Waals surface area contributed by atoms with E-state index in [1.54, 1.807) is 31.3 Å². The van der Waals surface area contributed by atoms with Crippen LogP contribution in [0.4, 0.5) is 11.5 Å². The van der Waals surface area contributed by atoms with Crippen molar-refractivity contribution >= 4 is 17.4 Å². The van der Waals surface area contributed by atoms with Gasteiger partial charge in [0, 0.05) is 12.7 Å². The zero-order valence-electron chi connectivity index (χ0n) is 10.2. The highest BCUT2D eigenvalue weighted by molar-refractivity contribution is 6.02. The van der Waals surface area contributed by atoms with E-state index in [1.165, 1.54) is 12.4 Å². The van der Waals surface area contributed by atoms with E-state index in [4.69, 9.17) is 5.26 Å². The lowest BCUT2D eigenvalue weighted by atomic mass is 10.2. The van der Waals surface area contributed by atoms with Gasteiger partial charge in [0.25, 0.3) is 5.91 Å². The third-order valence-electron chi connectivity index (χ3n) is 2.40. The molecule has 6 nitrogen and oxygen atoms in total. The van der Waals surface area contributed by atoms with E-state index in [0.717, 1.165) is 0 Å². The predicted octanol–water partition coefficient (Wildman–Crippen LogP) is 1.64. The molecule has 1 amide bonds. The van der Waals surface area contributed by atoms with E-state index in [0.29, 0.717) is 17.1 Å². The third-order valence-corrected chi connectivity index (χ3v) is 2.40. The second-order valence-corrected chi connectivity index (χ2v) is 3.68. The summed E-state index contributed by atoms with van der Waals surface area (Å²) in [4.78, 5) is 19.9. The number of hydrogen-bond donors (Lipinski definition) is 2. The summed E-state index contributed by atoms with van der Waals surface area (Å²) >= 11 is 0. The van der Waals surface area contributed by atoms with Gasteiger partial charge in [0.2, 0.25) is 0 Å². The van der Waals surface area contributed by atoms with Crippen LogP contribution in [0.1, 0.15) is 16.1 Å². The van der Waals surface area contributed by atoms with Crippen LogP contribution in [0.25, 0.3) is 0 Å². The molecular weight excluding hydrogens is 242 g/mol. The van der Waals surface area contributed by atoms with Crippen LogP contribution >= 0.6 is 0 Å². The maximum Gasteiger partial charge on any atom is 0.275 e. The highest BCUT2D eigenvalue weighted by Gasteiger charge is 2.08. The van der Waals surface area contributed by atoms with Gasteiger partial charge in [-0.15, -0.1) is 0 Å². The molecule has 0 aliphatic rings. The smallest absolute Gasteiger partial charge is 0.275 e. The Hall–Kier alpha value is -2.94. The third kappa shape index (κ3) is 3.04. The Kier molecular flexibility index (Phi) is 3.69. The van der Waals surface area contributed by atoms with Crippen LogP contribution in [-0.2, 0) is 0 Å². The molecule has 0 atom stereocenters.